The maximum Gasteiger partial charge on any atom is 0.290 e. The lowest BCUT2D eigenvalue weighted by atomic mass is 10.1. The van der Waals surface area contributed by atoms with Crippen molar-refractivity contribution >= 4 is 18.1 Å². The molecule has 1 heterocycles. The lowest BCUT2D eigenvalue weighted by molar-refractivity contribution is -0.138. The van der Waals surface area contributed by atoms with Gasteiger partial charge in [-0.25, -0.2) is 10.9 Å². The predicted molar refractivity (Wildman–Crippen MR) is 122 cm³/mol. The largest absolute Gasteiger partial charge is 0.378 e. The van der Waals surface area contributed by atoms with Crippen molar-refractivity contribution in [3.8, 4) is 11.8 Å². The van der Waals surface area contributed by atoms with Crippen LogP contribution in [-0.2, 0) is 20.9 Å². The highest BCUT2D eigenvalue weighted by Crippen LogP contribution is 2.12. The van der Waals surface area contributed by atoms with E-state index in [0.717, 1.165) is 16.0 Å². The molecule has 11 heteroatoms. The minimum Gasteiger partial charge on any atom is -0.378 e. The summed E-state index contributed by atoms with van der Waals surface area (Å²) < 4.78 is 5.15. The number of hydrazine groups is 2. The number of likely N-dealkylation sites (N-methyl/N-ethyl adjacent to an activating group) is 1. The highest BCUT2D eigenvalue weighted by atomic mass is 16.5. The van der Waals surface area contributed by atoms with Gasteiger partial charge in [0.25, 0.3) is 11.8 Å². The van der Waals surface area contributed by atoms with Gasteiger partial charge in [-0.1, -0.05) is 24.0 Å². The summed E-state index contributed by atoms with van der Waals surface area (Å²) in [4.78, 5) is 47.1. The molecule has 11 nitrogen and oxygen atoms in total. The summed E-state index contributed by atoms with van der Waals surface area (Å²) in [5.74, 6) is 15.5. The van der Waals surface area contributed by atoms with Crippen LogP contribution in [0.5, 0.6) is 0 Å². The van der Waals surface area contributed by atoms with Crippen LogP contribution in [0.25, 0.3) is 0 Å². The lowest BCUT2D eigenvalue weighted by Crippen LogP contribution is -2.52. The molecule has 4 N–H and O–H groups in total. The third-order valence-corrected chi connectivity index (χ3v) is 5.32. The molecule has 0 spiro atoms. The molecular weight excluding hydrogens is 440 g/mol. The number of hydrogen-bond donors (Lipinski definition) is 2. The third-order valence-electron chi connectivity index (χ3n) is 5.32. The first-order chi connectivity index (χ1) is 16.3. The molecule has 2 amide bonds. The molecule has 0 saturated carbocycles. The van der Waals surface area contributed by atoms with Crippen molar-refractivity contribution in [2.75, 3.05) is 20.3 Å². The van der Waals surface area contributed by atoms with Crippen LogP contribution in [0, 0.1) is 16.7 Å². The fourth-order valence-electron chi connectivity index (χ4n) is 3.11. The summed E-state index contributed by atoms with van der Waals surface area (Å²) in [5, 5.41) is 3.99. The molecule has 0 bridgehead atoms. The van der Waals surface area contributed by atoms with Crippen LogP contribution in [-0.4, -0.2) is 65.5 Å². The van der Waals surface area contributed by atoms with E-state index in [2.05, 4.69) is 17.1 Å². The summed E-state index contributed by atoms with van der Waals surface area (Å²) in [7, 11) is 1.25. The molecule has 3 rings (SSSR count). The Hall–Kier alpha value is -3.95. The van der Waals surface area contributed by atoms with Crippen molar-refractivity contribution in [2.24, 2.45) is 17.0 Å². The molecule has 0 aliphatic carbocycles. The molecule has 2 aromatic carbocycles. The average molecular weight is 464 g/mol. The molecule has 176 valence electrons. The Morgan fingerprint density at radius 1 is 1.09 bits per heavy atom. The number of nitroso groups, excluding NO2 is 1. The van der Waals surface area contributed by atoms with Gasteiger partial charge in [0.2, 0.25) is 0 Å². The molecule has 34 heavy (non-hydrogen) atoms. The number of nitrogens with zero attached hydrogens (tertiary/aromatic N) is 4. The average Bonchev–Trinajstić information content (AvgIpc) is 2.82. The van der Waals surface area contributed by atoms with E-state index in [1.165, 1.54) is 19.2 Å². The first-order valence-corrected chi connectivity index (χ1v) is 10.3. The molecule has 1 fully saturated rings. The van der Waals surface area contributed by atoms with Crippen molar-refractivity contribution in [1.29, 1.82) is 0 Å². The number of carbonyl (C=O) groups excluding carboxylic acids is 3. The van der Waals surface area contributed by atoms with Gasteiger partial charge >= 0.3 is 0 Å². The number of benzene rings is 2. The van der Waals surface area contributed by atoms with Crippen molar-refractivity contribution < 1.29 is 19.1 Å². The monoisotopic (exact) mass is 464 g/mol. The Morgan fingerprint density at radius 2 is 1.65 bits per heavy atom. The standard InChI is InChI=1S/C23H24N6O5/c1-27(21(13-30)23(32)29(25)26-33)22(31)19-10-8-17(9-11-19)3-2-16-4-6-18(7-5-16)12-28(24)20-14-34-15-20/h4-11,13,20-21H,12,14-15,24-25H2,1H3/t21-/m0/s1. The fourth-order valence-corrected chi connectivity index (χ4v) is 3.11. The Kier molecular flexibility index (Phi) is 8.18. The first-order valence-electron chi connectivity index (χ1n) is 10.3. The number of aldehydes is 1. The molecule has 1 aliphatic heterocycles. The van der Waals surface area contributed by atoms with E-state index in [0.29, 0.717) is 25.3 Å². The summed E-state index contributed by atoms with van der Waals surface area (Å²) in [6.07, 6.45) is 0.212. The third kappa shape index (κ3) is 5.89. The van der Waals surface area contributed by atoms with Crippen molar-refractivity contribution in [3.63, 3.8) is 0 Å². The van der Waals surface area contributed by atoms with Gasteiger partial charge in [-0.2, -0.15) is 0 Å². The minimum absolute atomic E-state index is 0.0244. The fraction of sp³-hybridized carbons (Fsp3) is 0.261. The van der Waals surface area contributed by atoms with E-state index in [1.807, 2.05) is 24.3 Å². The molecule has 1 saturated heterocycles. The SMILES string of the molecule is CN(C(=O)c1ccc(C#Cc2ccc(CN(N)C3COC3)cc2)cc1)[C@@H](C=O)C(=O)N(N)N=O. The van der Waals surface area contributed by atoms with E-state index in [4.69, 9.17) is 16.4 Å². The highest BCUT2D eigenvalue weighted by Gasteiger charge is 2.30. The Morgan fingerprint density at radius 3 is 2.12 bits per heavy atom. The number of ether oxygens (including phenoxy) is 1. The maximum absolute atomic E-state index is 12.6. The van der Waals surface area contributed by atoms with Gasteiger partial charge in [0.05, 0.1) is 24.5 Å². The second-order valence-corrected chi connectivity index (χ2v) is 7.65. The van der Waals surface area contributed by atoms with Crippen LogP contribution in [0.15, 0.2) is 53.8 Å². The number of carbonyl (C=O) groups is 3. The molecule has 1 aliphatic rings. The molecule has 0 radical (unpaired) electrons. The normalized spacial score (nSPS) is 13.8. The van der Waals surface area contributed by atoms with Gasteiger partial charge in [-0.05, 0) is 42.0 Å². The number of nitrogens with two attached hydrogens (primary N) is 2. The molecule has 1 atom stereocenters. The summed E-state index contributed by atoms with van der Waals surface area (Å²) in [6, 6.07) is 12.8. The van der Waals surface area contributed by atoms with Crippen molar-refractivity contribution in [2.45, 2.75) is 18.6 Å². The summed E-state index contributed by atoms with van der Waals surface area (Å²) in [5.41, 5.74) is 2.79. The lowest BCUT2D eigenvalue weighted by Gasteiger charge is -2.33. The van der Waals surface area contributed by atoms with E-state index < -0.39 is 17.9 Å². The zero-order valence-corrected chi connectivity index (χ0v) is 18.5. The highest BCUT2D eigenvalue weighted by molar-refractivity contribution is 6.03. The Bertz CT molecular complexity index is 1110. The van der Waals surface area contributed by atoms with Crippen LogP contribution in [0.4, 0.5) is 0 Å². The van der Waals surface area contributed by atoms with Crippen molar-refractivity contribution in [3.05, 3.63) is 75.7 Å². The van der Waals surface area contributed by atoms with Gasteiger partial charge in [-0.3, -0.25) is 15.4 Å². The van der Waals surface area contributed by atoms with Crippen molar-refractivity contribution in [1.82, 2.24) is 15.0 Å². The minimum atomic E-state index is -1.58. The van der Waals surface area contributed by atoms with Gasteiger partial charge in [0.1, 0.15) is 0 Å². The molecule has 0 unspecified atom stereocenters. The second kappa shape index (κ2) is 11.3. The van der Waals surface area contributed by atoms with Crippen LogP contribution in [0.2, 0.25) is 0 Å². The van der Waals surface area contributed by atoms with Gasteiger partial charge < -0.3 is 14.4 Å². The van der Waals surface area contributed by atoms with Crippen LogP contribution in [0.3, 0.4) is 0 Å². The summed E-state index contributed by atoms with van der Waals surface area (Å²) >= 11 is 0. The summed E-state index contributed by atoms with van der Waals surface area (Å²) in [6.45, 7) is 1.93. The van der Waals surface area contributed by atoms with Crippen LogP contribution >= 0.6 is 0 Å². The number of amides is 2. The quantitative estimate of drug-likeness (QED) is 0.107. The molecular formula is C23H24N6O5. The Labute approximate surface area is 196 Å². The first kappa shape index (κ1) is 24.7. The van der Waals surface area contributed by atoms with Gasteiger partial charge in [-0.15, -0.1) is 10.0 Å². The molecule has 2 aromatic rings. The van der Waals surface area contributed by atoms with Crippen LogP contribution in [0.1, 0.15) is 27.0 Å². The topological polar surface area (TPSA) is 152 Å². The van der Waals surface area contributed by atoms with Crippen LogP contribution < -0.4 is 11.7 Å². The van der Waals surface area contributed by atoms with E-state index in [1.54, 1.807) is 17.1 Å². The maximum atomic E-state index is 12.6. The zero-order chi connectivity index (χ0) is 24.7. The predicted octanol–water partition coefficient (Wildman–Crippen LogP) is 0.184. The van der Waals surface area contributed by atoms with E-state index >= 15 is 0 Å². The van der Waals surface area contributed by atoms with E-state index in [-0.39, 0.29) is 23.0 Å². The molecule has 0 aromatic heterocycles. The number of rotatable bonds is 8. The zero-order valence-electron chi connectivity index (χ0n) is 18.5. The Balaban J connectivity index is 1.62. The van der Waals surface area contributed by atoms with E-state index in [9.17, 15) is 19.3 Å². The number of hydrogen-bond acceptors (Lipinski definition) is 9. The smallest absolute Gasteiger partial charge is 0.290 e. The van der Waals surface area contributed by atoms with Gasteiger partial charge in [0.15, 0.2) is 12.3 Å². The second-order valence-electron chi connectivity index (χ2n) is 7.65. The van der Waals surface area contributed by atoms with Gasteiger partial charge in [0, 0.05) is 30.3 Å².